The number of benzene rings is 1. The molecule has 2 nitrogen and oxygen atoms in total. The van der Waals surface area contributed by atoms with Crippen molar-refractivity contribution in [3.63, 3.8) is 0 Å². The molecule has 0 spiro atoms. The number of hydrogen-bond acceptors (Lipinski definition) is 2. The van der Waals surface area contributed by atoms with E-state index in [-0.39, 0.29) is 6.04 Å². The average Bonchev–Trinajstić information content (AvgIpc) is 2.52. The fraction of sp³-hybridized carbons (Fsp3) is 0.429. The fourth-order valence-corrected chi connectivity index (χ4v) is 2.18. The van der Waals surface area contributed by atoms with Crippen LogP contribution in [0.5, 0.6) is 0 Å². The van der Waals surface area contributed by atoms with Crippen molar-refractivity contribution in [3.05, 3.63) is 35.4 Å². The third-order valence-corrected chi connectivity index (χ3v) is 3.06. The maximum Gasteiger partial charge on any atom is 0.0663 e. The molecule has 0 aliphatic carbocycles. The Morgan fingerprint density at radius 3 is 3.12 bits per heavy atom. The van der Waals surface area contributed by atoms with Gasteiger partial charge in [-0.05, 0) is 31.0 Å². The zero-order valence-electron chi connectivity index (χ0n) is 9.66. The van der Waals surface area contributed by atoms with Gasteiger partial charge in [0.2, 0.25) is 0 Å². The van der Waals surface area contributed by atoms with Gasteiger partial charge in [-0.15, -0.1) is 6.42 Å². The van der Waals surface area contributed by atoms with E-state index in [1.54, 1.807) is 0 Å². The van der Waals surface area contributed by atoms with E-state index in [0.717, 1.165) is 19.5 Å². The summed E-state index contributed by atoms with van der Waals surface area (Å²) in [6.45, 7) is 4.02. The Hall–Kier alpha value is -1.30. The van der Waals surface area contributed by atoms with E-state index in [2.05, 4.69) is 40.8 Å². The summed E-state index contributed by atoms with van der Waals surface area (Å²) in [5.41, 5.74) is 2.76. The first-order valence-corrected chi connectivity index (χ1v) is 5.82. The van der Waals surface area contributed by atoms with Gasteiger partial charge < -0.3 is 5.32 Å². The summed E-state index contributed by atoms with van der Waals surface area (Å²) in [6, 6.07) is 9.06. The zero-order chi connectivity index (χ0) is 11.4. The first-order valence-electron chi connectivity index (χ1n) is 5.82. The molecule has 2 heteroatoms. The third-order valence-electron chi connectivity index (χ3n) is 3.06. The van der Waals surface area contributed by atoms with Crippen LogP contribution < -0.4 is 10.6 Å². The summed E-state index contributed by atoms with van der Waals surface area (Å²) in [6.07, 6.45) is 6.51. The van der Waals surface area contributed by atoms with Crippen molar-refractivity contribution >= 4 is 0 Å². The Morgan fingerprint density at radius 2 is 2.31 bits per heavy atom. The second-order valence-electron chi connectivity index (χ2n) is 4.27. The normalized spacial score (nSPS) is 21.6. The molecule has 2 atom stereocenters. The maximum absolute atomic E-state index is 5.42. The molecule has 1 aliphatic rings. The lowest BCUT2D eigenvalue weighted by atomic mass is 9.99. The predicted octanol–water partition coefficient (Wildman–Crippen LogP) is 1.83. The second-order valence-corrected chi connectivity index (χ2v) is 4.27. The van der Waals surface area contributed by atoms with Gasteiger partial charge in [0.15, 0.2) is 0 Å². The Morgan fingerprint density at radius 1 is 1.50 bits per heavy atom. The smallest absolute Gasteiger partial charge is 0.0663 e. The monoisotopic (exact) mass is 214 g/mol. The molecule has 1 aromatic carbocycles. The summed E-state index contributed by atoms with van der Waals surface area (Å²) < 4.78 is 0. The number of nitrogens with one attached hydrogen (secondary N) is 2. The highest BCUT2D eigenvalue weighted by Crippen LogP contribution is 2.23. The van der Waals surface area contributed by atoms with Crippen molar-refractivity contribution in [3.8, 4) is 12.3 Å². The summed E-state index contributed by atoms with van der Waals surface area (Å²) in [5, 5.41) is 6.92. The molecule has 0 aromatic heterocycles. The SMILES string of the molecule is C#CC(C)NC1CCNCc2ccccc21. The molecular formula is C14H18N2. The van der Waals surface area contributed by atoms with Gasteiger partial charge in [0, 0.05) is 12.6 Å². The van der Waals surface area contributed by atoms with E-state index in [9.17, 15) is 0 Å². The number of rotatable bonds is 2. The van der Waals surface area contributed by atoms with Gasteiger partial charge in [-0.3, -0.25) is 5.32 Å². The lowest BCUT2D eigenvalue weighted by Crippen LogP contribution is -2.30. The molecule has 1 heterocycles. The van der Waals surface area contributed by atoms with Crippen LogP contribution in [0.3, 0.4) is 0 Å². The van der Waals surface area contributed by atoms with Crippen LogP contribution in [-0.2, 0) is 6.54 Å². The highest BCUT2D eigenvalue weighted by molar-refractivity contribution is 5.31. The topological polar surface area (TPSA) is 24.1 Å². The minimum atomic E-state index is 0.121. The molecule has 0 saturated carbocycles. The number of hydrogen-bond donors (Lipinski definition) is 2. The van der Waals surface area contributed by atoms with E-state index < -0.39 is 0 Å². The van der Waals surface area contributed by atoms with Crippen molar-refractivity contribution in [2.75, 3.05) is 6.54 Å². The van der Waals surface area contributed by atoms with E-state index in [1.807, 2.05) is 6.92 Å². The second kappa shape index (κ2) is 5.16. The van der Waals surface area contributed by atoms with Gasteiger partial charge in [0.1, 0.15) is 0 Å². The Labute approximate surface area is 97.4 Å². The molecule has 2 N–H and O–H groups in total. The standard InChI is InChI=1S/C14H18N2/c1-3-11(2)16-14-8-9-15-10-12-6-4-5-7-13(12)14/h1,4-7,11,14-16H,8-10H2,2H3. The molecule has 0 radical (unpaired) electrons. The van der Waals surface area contributed by atoms with Gasteiger partial charge in [-0.2, -0.15) is 0 Å². The summed E-state index contributed by atoms with van der Waals surface area (Å²) in [4.78, 5) is 0. The molecule has 1 aliphatic heterocycles. The molecule has 2 rings (SSSR count). The first kappa shape index (κ1) is 11.2. The van der Waals surface area contributed by atoms with E-state index in [0.29, 0.717) is 6.04 Å². The molecule has 2 unspecified atom stereocenters. The molecule has 16 heavy (non-hydrogen) atoms. The van der Waals surface area contributed by atoms with Gasteiger partial charge in [0.25, 0.3) is 0 Å². The first-order chi connectivity index (χ1) is 7.81. The van der Waals surface area contributed by atoms with Crippen molar-refractivity contribution in [1.82, 2.24) is 10.6 Å². The van der Waals surface area contributed by atoms with Gasteiger partial charge in [-0.25, -0.2) is 0 Å². The van der Waals surface area contributed by atoms with Gasteiger partial charge in [-0.1, -0.05) is 30.2 Å². The largest absolute Gasteiger partial charge is 0.313 e. The third kappa shape index (κ3) is 2.44. The predicted molar refractivity (Wildman–Crippen MR) is 66.9 cm³/mol. The van der Waals surface area contributed by atoms with Crippen molar-refractivity contribution in [2.45, 2.75) is 32.0 Å². The zero-order valence-corrected chi connectivity index (χ0v) is 9.66. The van der Waals surface area contributed by atoms with E-state index in [1.165, 1.54) is 11.1 Å². The molecule has 0 bridgehead atoms. The van der Waals surface area contributed by atoms with E-state index in [4.69, 9.17) is 6.42 Å². The lowest BCUT2D eigenvalue weighted by Gasteiger charge is -2.21. The van der Waals surface area contributed by atoms with Crippen LogP contribution in [0.4, 0.5) is 0 Å². The van der Waals surface area contributed by atoms with Gasteiger partial charge >= 0.3 is 0 Å². The fourth-order valence-electron chi connectivity index (χ4n) is 2.18. The van der Waals surface area contributed by atoms with Crippen LogP contribution >= 0.6 is 0 Å². The summed E-state index contributed by atoms with van der Waals surface area (Å²) in [7, 11) is 0. The maximum atomic E-state index is 5.42. The van der Waals surface area contributed by atoms with Crippen LogP contribution in [0.15, 0.2) is 24.3 Å². The highest BCUT2D eigenvalue weighted by Gasteiger charge is 2.18. The molecule has 1 aromatic rings. The van der Waals surface area contributed by atoms with Crippen LogP contribution in [0, 0.1) is 12.3 Å². The van der Waals surface area contributed by atoms with Gasteiger partial charge in [0.05, 0.1) is 6.04 Å². The Bertz CT molecular complexity index is 392. The Balaban J connectivity index is 2.23. The number of terminal acetylenes is 1. The average molecular weight is 214 g/mol. The quantitative estimate of drug-likeness (QED) is 0.734. The number of fused-ring (bicyclic) bond motifs is 1. The molecule has 0 saturated heterocycles. The molecule has 0 fully saturated rings. The lowest BCUT2D eigenvalue weighted by molar-refractivity contribution is 0.478. The molecule has 0 amide bonds. The van der Waals surface area contributed by atoms with Crippen LogP contribution in [0.1, 0.15) is 30.5 Å². The molecule has 84 valence electrons. The van der Waals surface area contributed by atoms with Crippen LogP contribution in [0.25, 0.3) is 0 Å². The van der Waals surface area contributed by atoms with Crippen molar-refractivity contribution < 1.29 is 0 Å². The summed E-state index contributed by atoms with van der Waals surface area (Å²) in [5.74, 6) is 2.73. The van der Waals surface area contributed by atoms with Crippen molar-refractivity contribution in [1.29, 1.82) is 0 Å². The minimum Gasteiger partial charge on any atom is -0.313 e. The van der Waals surface area contributed by atoms with Crippen LogP contribution in [0.2, 0.25) is 0 Å². The Kier molecular flexibility index (Phi) is 3.61. The van der Waals surface area contributed by atoms with E-state index >= 15 is 0 Å². The molecular weight excluding hydrogens is 196 g/mol. The van der Waals surface area contributed by atoms with Crippen LogP contribution in [-0.4, -0.2) is 12.6 Å². The highest BCUT2D eigenvalue weighted by atomic mass is 15.0. The van der Waals surface area contributed by atoms with Crippen molar-refractivity contribution in [2.24, 2.45) is 0 Å². The minimum absolute atomic E-state index is 0.121. The summed E-state index contributed by atoms with van der Waals surface area (Å²) >= 11 is 0.